The highest BCUT2D eigenvalue weighted by Gasteiger charge is 2.37. The van der Waals surface area contributed by atoms with Gasteiger partial charge in [-0.1, -0.05) is 43.5 Å². The minimum absolute atomic E-state index is 0.0217. The summed E-state index contributed by atoms with van der Waals surface area (Å²) in [5.41, 5.74) is 2.49. The third-order valence-corrected chi connectivity index (χ3v) is 9.03. The van der Waals surface area contributed by atoms with E-state index in [9.17, 15) is 35.2 Å². The molecule has 1 amide bonds. The fourth-order valence-electron chi connectivity index (χ4n) is 4.88. The number of hydrogen-bond acceptors (Lipinski definition) is 4. The maximum absolute atomic E-state index is 14.3. The molecule has 0 spiro atoms. The lowest BCUT2D eigenvalue weighted by Crippen LogP contribution is -2.41. The predicted octanol–water partition coefficient (Wildman–Crippen LogP) is 6.16. The lowest BCUT2D eigenvalue weighted by atomic mass is 9.84. The van der Waals surface area contributed by atoms with Crippen LogP contribution in [-0.2, 0) is 21.4 Å². The van der Waals surface area contributed by atoms with Crippen LogP contribution in [0.25, 0.3) is 0 Å². The largest absolute Gasteiger partial charge is 0.307 e. The number of amides is 1. The van der Waals surface area contributed by atoms with E-state index < -0.39 is 56.5 Å². The molecule has 12 heteroatoms. The van der Waals surface area contributed by atoms with Crippen LogP contribution < -0.4 is 4.90 Å². The molecule has 41 heavy (non-hydrogen) atoms. The van der Waals surface area contributed by atoms with Gasteiger partial charge in [-0.15, -0.1) is 0 Å². The van der Waals surface area contributed by atoms with Gasteiger partial charge in [0.25, 0.3) is 0 Å². The Labute approximate surface area is 234 Å². The molecule has 0 bridgehead atoms. The van der Waals surface area contributed by atoms with E-state index in [2.05, 4.69) is 0 Å². The summed E-state index contributed by atoms with van der Waals surface area (Å²) in [6.07, 6.45) is 5.73. The molecule has 0 aliphatic heterocycles. The number of sulfonamides is 1. The molecule has 0 N–H and O–H groups in total. The van der Waals surface area contributed by atoms with E-state index in [1.807, 2.05) is 30.3 Å². The molecular formula is C29H26F5N3O3S. The first kappa shape index (κ1) is 30.1. The minimum atomic E-state index is -5.33. The minimum Gasteiger partial charge on any atom is -0.307 e. The molecule has 0 radical (unpaired) electrons. The lowest BCUT2D eigenvalue weighted by Gasteiger charge is -2.26. The maximum atomic E-state index is 14.3. The number of nitriles is 1. The second-order valence-electron chi connectivity index (χ2n) is 9.88. The van der Waals surface area contributed by atoms with Crippen molar-refractivity contribution in [1.82, 2.24) is 4.31 Å². The van der Waals surface area contributed by atoms with Gasteiger partial charge in [-0.2, -0.15) is 9.57 Å². The van der Waals surface area contributed by atoms with Gasteiger partial charge >= 0.3 is 0 Å². The van der Waals surface area contributed by atoms with E-state index in [1.54, 1.807) is 0 Å². The standard InChI is InChI=1S/C29H26F5N3O3S/c1-36(41(39,40)29-27(33)25(31)24(30)26(32)28(29)34)17-23(38)37(22-13-9-18(15-35)10-14-22)16-19-7-11-21(12-8-19)20-5-3-2-4-6-20/h7-14,20H,2-6,16-17H2,1H3. The quantitative estimate of drug-likeness (QED) is 0.179. The average Bonchev–Trinajstić information content (AvgIpc) is 2.98. The molecule has 0 aromatic heterocycles. The first-order valence-electron chi connectivity index (χ1n) is 12.8. The second-order valence-corrected chi connectivity index (χ2v) is 11.9. The normalized spacial score (nSPS) is 14.2. The van der Waals surface area contributed by atoms with E-state index in [0.717, 1.165) is 32.7 Å². The maximum Gasteiger partial charge on any atom is 0.249 e. The molecule has 1 aliphatic carbocycles. The van der Waals surface area contributed by atoms with Crippen LogP contribution in [0.3, 0.4) is 0 Å². The van der Waals surface area contributed by atoms with E-state index in [0.29, 0.717) is 22.7 Å². The molecule has 0 atom stereocenters. The van der Waals surface area contributed by atoms with Gasteiger partial charge in [0.2, 0.25) is 21.7 Å². The van der Waals surface area contributed by atoms with E-state index in [1.165, 1.54) is 41.1 Å². The van der Waals surface area contributed by atoms with Crippen LogP contribution in [0, 0.1) is 40.4 Å². The monoisotopic (exact) mass is 591 g/mol. The van der Waals surface area contributed by atoms with E-state index in [4.69, 9.17) is 5.26 Å². The van der Waals surface area contributed by atoms with Crippen LogP contribution in [0.2, 0.25) is 0 Å². The van der Waals surface area contributed by atoms with Crippen molar-refractivity contribution >= 4 is 21.6 Å². The molecule has 1 saturated carbocycles. The van der Waals surface area contributed by atoms with Crippen molar-refractivity contribution < 1.29 is 35.2 Å². The molecule has 0 heterocycles. The highest BCUT2D eigenvalue weighted by molar-refractivity contribution is 7.89. The Morgan fingerprint density at radius 2 is 1.39 bits per heavy atom. The molecule has 0 saturated heterocycles. The van der Waals surface area contributed by atoms with Crippen molar-refractivity contribution in [3.8, 4) is 6.07 Å². The van der Waals surface area contributed by atoms with Gasteiger partial charge in [-0.05, 0) is 54.2 Å². The van der Waals surface area contributed by atoms with Gasteiger partial charge in [0, 0.05) is 12.7 Å². The predicted molar refractivity (Wildman–Crippen MR) is 141 cm³/mol. The summed E-state index contributed by atoms with van der Waals surface area (Å²) in [7, 11) is -4.54. The Kier molecular flexibility index (Phi) is 9.09. The van der Waals surface area contributed by atoms with Crippen LogP contribution in [0.5, 0.6) is 0 Å². The van der Waals surface area contributed by atoms with Crippen molar-refractivity contribution in [3.05, 3.63) is 94.3 Å². The SMILES string of the molecule is CN(CC(=O)N(Cc1ccc(C2CCCCC2)cc1)c1ccc(C#N)cc1)S(=O)(=O)c1c(F)c(F)c(F)c(F)c1F. The number of carbonyl (C=O) groups excluding carboxylic acids is 1. The summed E-state index contributed by atoms with van der Waals surface area (Å²) in [5.74, 6) is -12.8. The Morgan fingerprint density at radius 1 is 0.854 bits per heavy atom. The number of likely N-dealkylation sites (N-methyl/N-ethyl adjacent to an activating group) is 1. The van der Waals surface area contributed by atoms with Gasteiger partial charge in [-0.3, -0.25) is 4.79 Å². The topological polar surface area (TPSA) is 81.5 Å². The van der Waals surface area contributed by atoms with Crippen LogP contribution in [0.4, 0.5) is 27.6 Å². The van der Waals surface area contributed by atoms with Crippen molar-refractivity contribution in [2.45, 2.75) is 49.5 Å². The van der Waals surface area contributed by atoms with Gasteiger partial charge < -0.3 is 4.90 Å². The first-order valence-corrected chi connectivity index (χ1v) is 14.3. The first-order chi connectivity index (χ1) is 19.4. The number of benzene rings is 3. The van der Waals surface area contributed by atoms with Crippen LogP contribution >= 0.6 is 0 Å². The fourth-order valence-corrected chi connectivity index (χ4v) is 6.11. The number of nitrogens with zero attached hydrogens (tertiary/aromatic N) is 3. The summed E-state index contributed by atoms with van der Waals surface area (Å²) in [6, 6.07) is 15.5. The zero-order chi connectivity index (χ0) is 29.9. The zero-order valence-corrected chi connectivity index (χ0v) is 22.8. The zero-order valence-electron chi connectivity index (χ0n) is 22.0. The van der Waals surface area contributed by atoms with Gasteiger partial charge in [0.05, 0.1) is 24.7 Å². The summed E-state index contributed by atoms with van der Waals surface area (Å²) >= 11 is 0. The van der Waals surface area contributed by atoms with Crippen molar-refractivity contribution in [2.75, 3.05) is 18.5 Å². The Bertz CT molecular complexity index is 1550. The number of rotatable bonds is 8. The van der Waals surface area contributed by atoms with Crippen LogP contribution in [0.15, 0.2) is 53.4 Å². The highest BCUT2D eigenvalue weighted by Crippen LogP contribution is 2.33. The van der Waals surface area contributed by atoms with E-state index in [-0.39, 0.29) is 10.8 Å². The van der Waals surface area contributed by atoms with Crippen LogP contribution in [-0.4, -0.2) is 32.2 Å². The molecule has 1 fully saturated rings. The molecule has 4 rings (SSSR count). The van der Waals surface area contributed by atoms with Gasteiger partial charge in [0.1, 0.15) is 0 Å². The molecular weight excluding hydrogens is 565 g/mol. The molecule has 3 aromatic carbocycles. The number of halogens is 5. The third kappa shape index (κ3) is 6.26. The molecule has 6 nitrogen and oxygen atoms in total. The Morgan fingerprint density at radius 3 is 1.93 bits per heavy atom. The Balaban J connectivity index is 1.62. The Hall–Kier alpha value is -3.82. The summed E-state index contributed by atoms with van der Waals surface area (Å²) in [6.45, 7) is -1.01. The number of hydrogen-bond donors (Lipinski definition) is 0. The van der Waals surface area contributed by atoms with Gasteiger partial charge in [0.15, 0.2) is 28.2 Å². The van der Waals surface area contributed by atoms with E-state index >= 15 is 0 Å². The molecule has 216 valence electrons. The molecule has 1 aliphatic rings. The third-order valence-electron chi connectivity index (χ3n) is 7.20. The molecule has 0 unspecified atom stereocenters. The molecule has 3 aromatic rings. The summed E-state index contributed by atoms with van der Waals surface area (Å²) in [4.78, 5) is 12.6. The average molecular weight is 592 g/mol. The van der Waals surface area contributed by atoms with Crippen LogP contribution in [0.1, 0.15) is 54.7 Å². The van der Waals surface area contributed by atoms with Crippen molar-refractivity contribution in [1.29, 1.82) is 5.26 Å². The highest BCUT2D eigenvalue weighted by atomic mass is 32.2. The summed E-state index contributed by atoms with van der Waals surface area (Å²) < 4.78 is 95.5. The second kappa shape index (κ2) is 12.4. The fraction of sp³-hybridized carbons (Fsp3) is 0.310. The van der Waals surface area contributed by atoms with Crippen molar-refractivity contribution in [3.63, 3.8) is 0 Å². The number of anilines is 1. The van der Waals surface area contributed by atoms with Gasteiger partial charge in [-0.25, -0.2) is 30.4 Å². The smallest absolute Gasteiger partial charge is 0.249 e. The van der Waals surface area contributed by atoms with Crippen molar-refractivity contribution in [2.24, 2.45) is 0 Å². The lowest BCUT2D eigenvalue weighted by molar-refractivity contribution is -0.118. The number of carbonyl (C=O) groups is 1. The summed E-state index contributed by atoms with van der Waals surface area (Å²) in [5, 5.41) is 9.12.